The molecular formula is C25H22N6O2. The summed E-state index contributed by atoms with van der Waals surface area (Å²) < 4.78 is 1.76. The molecule has 0 bridgehead atoms. The summed E-state index contributed by atoms with van der Waals surface area (Å²) in [5.74, 6) is 0.124. The number of rotatable bonds is 5. The first-order valence-electron chi connectivity index (χ1n) is 10.6. The molecule has 0 fully saturated rings. The molecule has 2 aromatic carbocycles. The molecule has 1 aliphatic heterocycles. The number of amides is 2. The van der Waals surface area contributed by atoms with Crippen molar-refractivity contribution in [1.82, 2.24) is 19.8 Å². The number of carbonyl (C=O) groups is 1. The Hall–Kier alpha value is -4.46. The van der Waals surface area contributed by atoms with E-state index in [1.165, 1.54) is 5.01 Å². The average molecular weight is 438 g/mol. The number of hydrogen-bond donors (Lipinski definition) is 2. The van der Waals surface area contributed by atoms with Crippen LogP contribution in [0.3, 0.4) is 0 Å². The van der Waals surface area contributed by atoms with E-state index in [0.717, 1.165) is 16.8 Å². The van der Waals surface area contributed by atoms with Crippen LogP contribution >= 0.6 is 0 Å². The lowest BCUT2D eigenvalue weighted by molar-refractivity contribution is 0.199. The standard InChI is InChI=1S/C25H22N6O2/c32-24-11-5-4-10-21(24)23-13-22(19-9-6-12-26-14-19)29-31(23)25(33)28-20-15-27-30(17-20)16-18-7-2-1-3-8-18/h1-12,14-15,17,23,32H,13,16H2,(H,28,33). The van der Waals surface area contributed by atoms with Crippen molar-refractivity contribution in [3.8, 4) is 5.75 Å². The Kier molecular flexibility index (Phi) is 5.55. The molecule has 2 N–H and O–H groups in total. The van der Waals surface area contributed by atoms with Crippen molar-refractivity contribution >= 4 is 17.4 Å². The molecule has 1 unspecified atom stereocenters. The Labute approximate surface area is 190 Å². The maximum atomic E-state index is 13.2. The number of anilines is 1. The molecule has 164 valence electrons. The van der Waals surface area contributed by atoms with Crippen LogP contribution in [0, 0.1) is 0 Å². The van der Waals surface area contributed by atoms with Gasteiger partial charge in [0.1, 0.15) is 5.75 Å². The van der Waals surface area contributed by atoms with Crippen molar-refractivity contribution in [2.75, 3.05) is 5.32 Å². The topological polar surface area (TPSA) is 95.6 Å². The predicted molar refractivity (Wildman–Crippen MR) is 125 cm³/mol. The van der Waals surface area contributed by atoms with Gasteiger partial charge in [0.25, 0.3) is 0 Å². The van der Waals surface area contributed by atoms with Crippen LogP contribution in [-0.2, 0) is 6.54 Å². The van der Waals surface area contributed by atoms with Crippen LogP contribution in [-0.4, -0.2) is 36.6 Å². The van der Waals surface area contributed by atoms with E-state index in [-0.39, 0.29) is 5.75 Å². The number of carbonyl (C=O) groups excluding carboxylic acids is 1. The highest BCUT2D eigenvalue weighted by Gasteiger charge is 2.34. The molecule has 33 heavy (non-hydrogen) atoms. The SMILES string of the molecule is O=C(Nc1cnn(Cc2ccccc2)c1)N1N=C(c2cccnc2)CC1c1ccccc1O. The van der Waals surface area contributed by atoms with Crippen molar-refractivity contribution < 1.29 is 9.90 Å². The van der Waals surface area contributed by atoms with Crippen molar-refractivity contribution in [3.05, 3.63) is 108 Å². The first kappa shape index (κ1) is 20.4. The Balaban J connectivity index is 1.38. The van der Waals surface area contributed by atoms with E-state index < -0.39 is 12.1 Å². The number of urea groups is 1. The lowest BCUT2D eigenvalue weighted by Crippen LogP contribution is -2.31. The highest BCUT2D eigenvalue weighted by atomic mass is 16.3. The van der Waals surface area contributed by atoms with Gasteiger partial charge >= 0.3 is 6.03 Å². The highest BCUT2D eigenvalue weighted by Crippen LogP contribution is 2.37. The fourth-order valence-corrected chi connectivity index (χ4v) is 3.88. The molecular weight excluding hydrogens is 416 g/mol. The molecule has 3 heterocycles. The molecule has 2 amide bonds. The number of para-hydroxylation sites is 1. The van der Waals surface area contributed by atoms with Gasteiger partial charge in [0.05, 0.1) is 30.2 Å². The maximum absolute atomic E-state index is 13.2. The Morgan fingerprint density at radius 3 is 2.64 bits per heavy atom. The molecule has 1 atom stereocenters. The quantitative estimate of drug-likeness (QED) is 0.482. The number of nitrogens with zero attached hydrogens (tertiary/aromatic N) is 5. The number of hydrogen-bond acceptors (Lipinski definition) is 5. The molecule has 0 saturated carbocycles. The fourth-order valence-electron chi connectivity index (χ4n) is 3.88. The number of phenolic OH excluding ortho intramolecular Hbond substituents is 1. The van der Waals surface area contributed by atoms with Gasteiger partial charge in [-0.3, -0.25) is 9.67 Å². The normalized spacial score (nSPS) is 15.3. The summed E-state index contributed by atoms with van der Waals surface area (Å²) >= 11 is 0. The summed E-state index contributed by atoms with van der Waals surface area (Å²) in [4.78, 5) is 17.4. The third-order valence-electron chi connectivity index (χ3n) is 5.48. The molecule has 0 aliphatic carbocycles. The summed E-state index contributed by atoms with van der Waals surface area (Å²) in [6.07, 6.45) is 7.26. The van der Waals surface area contributed by atoms with E-state index in [2.05, 4.69) is 20.5 Å². The number of hydrazone groups is 1. The smallest absolute Gasteiger partial charge is 0.342 e. The number of aromatic hydroxyl groups is 1. The minimum absolute atomic E-state index is 0.124. The van der Waals surface area contributed by atoms with E-state index in [1.807, 2.05) is 48.5 Å². The van der Waals surface area contributed by atoms with Crippen LogP contribution in [0.15, 0.2) is 96.6 Å². The molecule has 8 heteroatoms. The monoisotopic (exact) mass is 438 g/mol. The third-order valence-corrected chi connectivity index (χ3v) is 5.48. The van der Waals surface area contributed by atoms with Crippen LogP contribution in [0.4, 0.5) is 10.5 Å². The third kappa shape index (κ3) is 4.45. The van der Waals surface area contributed by atoms with Gasteiger partial charge in [-0.15, -0.1) is 0 Å². The van der Waals surface area contributed by atoms with Crippen LogP contribution in [0.25, 0.3) is 0 Å². The van der Waals surface area contributed by atoms with E-state index in [9.17, 15) is 9.90 Å². The number of aromatic nitrogens is 3. The number of nitrogens with one attached hydrogen (secondary N) is 1. The zero-order valence-electron chi connectivity index (χ0n) is 17.7. The minimum atomic E-state index is -0.444. The van der Waals surface area contributed by atoms with Crippen molar-refractivity contribution in [2.24, 2.45) is 5.10 Å². The van der Waals surface area contributed by atoms with Gasteiger partial charge in [-0.25, -0.2) is 9.80 Å². The first-order valence-corrected chi connectivity index (χ1v) is 10.6. The first-order chi connectivity index (χ1) is 16.2. The summed E-state index contributed by atoms with van der Waals surface area (Å²) in [7, 11) is 0. The lowest BCUT2D eigenvalue weighted by Gasteiger charge is -2.22. The molecule has 4 aromatic rings. The van der Waals surface area contributed by atoms with Gasteiger partial charge in [0, 0.05) is 36.1 Å². The Morgan fingerprint density at radius 1 is 1.03 bits per heavy atom. The average Bonchev–Trinajstić information content (AvgIpc) is 3.48. The minimum Gasteiger partial charge on any atom is -0.508 e. The summed E-state index contributed by atoms with van der Waals surface area (Å²) in [6.45, 7) is 0.601. The van der Waals surface area contributed by atoms with E-state index in [0.29, 0.717) is 24.2 Å². The van der Waals surface area contributed by atoms with E-state index in [1.54, 1.807) is 47.7 Å². The summed E-state index contributed by atoms with van der Waals surface area (Å²) in [6, 6.07) is 19.9. The fraction of sp³-hybridized carbons (Fsp3) is 0.120. The zero-order valence-corrected chi connectivity index (χ0v) is 17.7. The molecule has 0 saturated heterocycles. The summed E-state index contributed by atoms with van der Waals surface area (Å²) in [5, 5.41) is 23.6. The number of benzene rings is 2. The molecule has 0 spiro atoms. The zero-order chi connectivity index (χ0) is 22.6. The number of pyridine rings is 1. The van der Waals surface area contributed by atoms with Crippen molar-refractivity contribution in [3.63, 3.8) is 0 Å². The highest BCUT2D eigenvalue weighted by molar-refractivity contribution is 6.03. The Morgan fingerprint density at radius 2 is 1.85 bits per heavy atom. The van der Waals surface area contributed by atoms with Crippen LogP contribution in [0.2, 0.25) is 0 Å². The van der Waals surface area contributed by atoms with Crippen LogP contribution < -0.4 is 5.32 Å². The number of phenols is 1. The predicted octanol–water partition coefficient (Wildman–Crippen LogP) is 4.42. The van der Waals surface area contributed by atoms with Gasteiger partial charge in [-0.2, -0.15) is 10.2 Å². The molecule has 0 radical (unpaired) electrons. The maximum Gasteiger partial charge on any atom is 0.342 e. The van der Waals surface area contributed by atoms with E-state index in [4.69, 9.17) is 0 Å². The summed E-state index contributed by atoms with van der Waals surface area (Å²) in [5.41, 5.74) is 3.88. The van der Waals surface area contributed by atoms with Gasteiger partial charge in [0.15, 0.2) is 0 Å². The molecule has 1 aliphatic rings. The molecule has 8 nitrogen and oxygen atoms in total. The van der Waals surface area contributed by atoms with Crippen molar-refractivity contribution in [2.45, 2.75) is 19.0 Å². The second kappa shape index (κ2) is 8.96. The second-order valence-corrected chi connectivity index (χ2v) is 7.75. The molecule has 5 rings (SSSR count). The largest absolute Gasteiger partial charge is 0.508 e. The molecule has 2 aromatic heterocycles. The van der Waals surface area contributed by atoms with Gasteiger partial charge in [0.2, 0.25) is 0 Å². The lowest BCUT2D eigenvalue weighted by atomic mass is 9.98. The van der Waals surface area contributed by atoms with E-state index >= 15 is 0 Å². The van der Waals surface area contributed by atoms with Crippen molar-refractivity contribution in [1.29, 1.82) is 0 Å². The Bertz CT molecular complexity index is 1290. The van der Waals surface area contributed by atoms with Gasteiger partial charge in [-0.05, 0) is 17.7 Å². The van der Waals surface area contributed by atoms with Crippen LogP contribution in [0.5, 0.6) is 5.75 Å². The van der Waals surface area contributed by atoms with Gasteiger partial charge < -0.3 is 10.4 Å². The van der Waals surface area contributed by atoms with Gasteiger partial charge in [-0.1, -0.05) is 54.6 Å². The second-order valence-electron chi connectivity index (χ2n) is 7.75. The van der Waals surface area contributed by atoms with Crippen LogP contribution in [0.1, 0.15) is 29.2 Å².